The van der Waals surface area contributed by atoms with E-state index in [1.807, 2.05) is 12.1 Å². The van der Waals surface area contributed by atoms with E-state index in [9.17, 15) is 10.1 Å². The molecule has 1 aromatic heterocycles. The summed E-state index contributed by atoms with van der Waals surface area (Å²) in [6, 6.07) is 6.31. The molecule has 1 N–H and O–H groups in total. The SMILES string of the molecule is O=[N+]([O-])c1cc(Cl)c(Cl)cc1NCc1ccncc1. The van der Waals surface area contributed by atoms with E-state index >= 15 is 0 Å². The van der Waals surface area contributed by atoms with E-state index < -0.39 is 4.92 Å². The number of nitro groups is 1. The standard InChI is InChI=1S/C12H9Cl2N3O2/c13-9-5-11(12(17(18)19)6-10(9)14)16-7-8-1-3-15-4-2-8/h1-6,16H,7H2. The normalized spacial score (nSPS) is 10.2. The number of halogens is 2. The molecule has 19 heavy (non-hydrogen) atoms. The monoisotopic (exact) mass is 297 g/mol. The summed E-state index contributed by atoms with van der Waals surface area (Å²) in [5.74, 6) is 0. The predicted octanol–water partition coefficient (Wildman–Crippen LogP) is 3.91. The van der Waals surface area contributed by atoms with Crippen LogP contribution in [0.2, 0.25) is 10.0 Å². The first-order valence-corrected chi connectivity index (χ1v) is 6.09. The van der Waals surface area contributed by atoms with Crippen molar-refractivity contribution in [1.82, 2.24) is 4.98 Å². The minimum atomic E-state index is -0.503. The van der Waals surface area contributed by atoms with E-state index in [1.165, 1.54) is 12.1 Å². The number of pyridine rings is 1. The lowest BCUT2D eigenvalue weighted by Gasteiger charge is -2.08. The topological polar surface area (TPSA) is 68.1 Å². The van der Waals surface area contributed by atoms with E-state index in [0.717, 1.165) is 5.56 Å². The zero-order valence-electron chi connectivity index (χ0n) is 9.64. The highest BCUT2D eigenvalue weighted by atomic mass is 35.5. The molecule has 0 atom stereocenters. The van der Waals surface area contributed by atoms with Gasteiger partial charge in [0.15, 0.2) is 0 Å². The molecule has 5 nitrogen and oxygen atoms in total. The minimum Gasteiger partial charge on any atom is -0.375 e. The van der Waals surface area contributed by atoms with E-state index in [2.05, 4.69) is 10.3 Å². The maximum Gasteiger partial charge on any atom is 0.293 e. The van der Waals surface area contributed by atoms with Gasteiger partial charge in [-0.05, 0) is 23.8 Å². The number of hydrogen-bond donors (Lipinski definition) is 1. The molecule has 0 saturated heterocycles. The van der Waals surface area contributed by atoms with E-state index in [0.29, 0.717) is 12.2 Å². The van der Waals surface area contributed by atoms with E-state index in [-0.39, 0.29) is 15.7 Å². The zero-order chi connectivity index (χ0) is 13.8. The summed E-state index contributed by atoms with van der Waals surface area (Å²) in [5, 5.41) is 14.3. The van der Waals surface area contributed by atoms with Gasteiger partial charge in [0.2, 0.25) is 0 Å². The average molecular weight is 298 g/mol. The summed E-state index contributed by atoms with van der Waals surface area (Å²) in [6.07, 6.45) is 3.31. The van der Waals surface area contributed by atoms with Crippen molar-refractivity contribution < 1.29 is 4.92 Å². The van der Waals surface area contributed by atoms with Gasteiger partial charge in [0.05, 0.1) is 15.0 Å². The lowest BCUT2D eigenvalue weighted by molar-refractivity contribution is -0.383. The first-order chi connectivity index (χ1) is 9.08. The summed E-state index contributed by atoms with van der Waals surface area (Å²) < 4.78 is 0. The van der Waals surface area contributed by atoms with Crippen molar-refractivity contribution in [3.63, 3.8) is 0 Å². The predicted molar refractivity (Wildman–Crippen MR) is 74.7 cm³/mol. The maximum absolute atomic E-state index is 11.0. The lowest BCUT2D eigenvalue weighted by Crippen LogP contribution is -2.03. The van der Waals surface area contributed by atoms with Gasteiger partial charge in [0.25, 0.3) is 5.69 Å². The van der Waals surface area contributed by atoms with Crippen molar-refractivity contribution in [3.8, 4) is 0 Å². The van der Waals surface area contributed by atoms with Gasteiger partial charge in [0.1, 0.15) is 5.69 Å². The van der Waals surface area contributed by atoms with Crippen LogP contribution in [0.3, 0.4) is 0 Å². The molecule has 0 radical (unpaired) electrons. The van der Waals surface area contributed by atoms with Gasteiger partial charge in [-0.3, -0.25) is 15.1 Å². The molecule has 0 bridgehead atoms. The van der Waals surface area contributed by atoms with Crippen LogP contribution in [0.4, 0.5) is 11.4 Å². The molecular formula is C12H9Cl2N3O2. The van der Waals surface area contributed by atoms with Crippen LogP contribution in [0.15, 0.2) is 36.7 Å². The molecule has 0 amide bonds. The van der Waals surface area contributed by atoms with Gasteiger partial charge in [-0.15, -0.1) is 0 Å². The Bertz CT molecular complexity index is 605. The number of rotatable bonds is 4. The number of anilines is 1. The fourth-order valence-electron chi connectivity index (χ4n) is 1.53. The third-order valence-electron chi connectivity index (χ3n) is 2.47. The van der Waals surface area contributed by atoms with Gasteiger partial charge < -0.3 is 5.32 Å². The Balaban J connectivity index is 2.24. The number of nitro benzene ring substituents is 1. The van der Waals surface area contributed by atoms with Crippen LogP contribution in [0.5, 0.6) is 0 Å². The molecule has 7 heteroatoms. The first-order valence-electron chi connectivity index (χ1n) is 5.34. The molecule has 2 aromatic rings. The number of hydrogen-bond acceptors (Lipinski definition) is 4. The Kier molecular flexibility index (Phi) is 4.19. The highest BCUT2D eigenvalue weighted by molar-refractivity contribution is 6.42. The summed E-state index contributed by atoms with van der Waals surface area (Å²) in [7, 11) is 0. The Morgan fingerprint density at radius 3 is 2.47 bits per heavy atom. The van der Waals surface area contributed by atoms with Crippen LogP contribution in [-0.2, 0) is 6.54 Å². The fourth-order valence-corrected chi connectivity index (χ4v) is 1.85. The maximum atomic E-state index is 11.0. The van der Waals surface area contributed by atoms with Crippen molar-refractivity contribution in [3.05, 3.63) is 62.4 Å². The van der Waals surface area contributed by atoms with Crippen LogP contribution in [0, 0.1) is 10.1 Å². The quantitative estimate of drug-likeness (QED) is 0.686. The van der Waals surface area contributed by atoms with Crippen molar-refractivity contribution in [2.45, 2.75) is 6.54 Å². The van der Waals surface area contributed by atoms with Crippen LogP contribution in [0.25, 0.3) is 0 Å². The molecule has 1 heterocycles. The summed E-state index contributed by atoms with van der Waals surface area (Å²) in [6.45, 7) is 0.432. The van der Waals surface area contributed by atoms with E-state index in [4.69, 9.17) is 23.2 Å². The molecule has 0 fully saturated rings. The van der Waals surface area contributed by atoms with Gasteiger partial charge in [0, 0.05) is 25.0 Å². The van der Waals surface area contributed by atoms with Crippen molar-refractivity contribution >= 4 is 34.6 Å². The molecule has 0 aliphatic carbocycles. The number of nitrogens with zero attached hydrogens (tertiary/aromatic N) is 2. The number of benzene rings is 1. The van der Waals surface area contributed by atoms with Gasteiger partial charge in [-0.2, -0.15) is 0 Å². The Morgan fingerprint density at radius 1 is 1.21 bits per heavy atom. The second kappa shape index (κ2) is 5.86. The highest BCUT2D eigenvalue weighted by Crippen LogP contribution is 2.34. The number of aromatic nitrogens is 1. The van der Waals surface area contributed by atoms with Gasteiger partial charge >= 0.3 is 0 Å². The van der Waals surface area contributed by atoms with E-state index in [1.54, 1.807) is 12.4 Å². The van der Waals surface area contributed by atoms with Crippen LogP contribution >= 0.6 is 23.2 Å². The Hall–Kier alpha value is -1.85. The van der Waals surface area contributed by atoms with Gasteiger partial charge in [-0.25, -0.2) is 0 Å². The van der Waals surface area contributed by atoms with Crippen molar-refractivity contribution in [2.75, 3.05) is 5.32 Å². The summed E-state index contributed by atoms with van der Waals surface area (Å²) in [5.41, 5.74) is 1.18. The second-order valence-electron chi connectivity index (χ2n) is 3.75. The molecule has 0 saturated carbocycles. The van der Waals surface area contributed by atoms with Gasteiger partial charge in [-0.1, -0.05) is 23.2 Å². The van der Waals surface area contributed by atoms with Crippen LogP contribution in [-0.4, -0.2) is 9.91 Å². The number of nitrogens with one attached hydrogen (secondary N) is 1. The highest BCUT2D eigenvalue weighted by Gasteiger charge is 2.16. The molecule has 0 unspecified atom stereocenters. The van der Waals surface area contributed by atoms with Crippen LogP contribution < -0.4 is 5.32 Å². The lowest BCUT2D eigenvalue weighted by atomic mass is 10.2. The molecular weight excluding hydrogens is 289 g/mol. The zero-order valence-corrected chi connectivity index (χ0v) is 11.1. The molecule has 2 rings (SSSR count). The summed E-state index contributed by atoms with van der Waals surface area (Å²) >= 11 is 11.6. The first kappa shape index (κ1) is 13.6. The van der Waals surface area contributed by atoms with Crippen molar-refractivity contribution in [2.24, 2.45) is 0 Å². The second-order valence-corrected chi connectivity index (χ2v) is 4.56. The summed E-state index contributed by atoms with van der Waals surface area (Å²) in [4.78, 5) is 14.3. The average Bonchev–Trinajstić information content (AvgIpc) is 2.40. The molecule has 98 valence electrons. The fraction of sp³-hybridized carbons (Fsp3) is 0.0833. The Morgan fingerprint density at radius 2 is 1.84 bits per heavy atom. The Labute approximate surface area is 119 Å². The molecule has 1 aromatic carbocycles. The molecule has 0 aliphatic heterocycles. The minimum absolute atomic E-state index is 0.108. The molecule has 0 spiro atoms. The largest absolute Gasteiger partial charge is 0.375 e. The smallest absolute Gasteiger partial charge is 0.293 e. The third-order valence-corrected chi connectivity index (χ3v) is 3.19. The van der Waals surface area contributed by atoms with Crippen LogP contribution in [0.1, 0.15) is 5.56 Å². The molecule has 0 aliphatic rings. The van der Waals surface area contributed by atoms with Crippen molar-refractivity contribution in [1.29, 1.82) is 0 Å². The third kappa shape index (κ3) is 3.33.